The zero-order valence-corrected chi connectivity index (χ0v) is 21.4. The van der Waals surface area contributed by atoms with Crippen LogP contribution in [0.2, 0.25) is 0 Å². The van der Waals surface area contributed by atoms with Crippen molar-refractivity contribution in [2.24, 2.45) is 27.9 Å². The van der Waals surface area contributed by atoms with E-state index >= 15 is 0 Å². The van der Waals surface area contributed by atoms with Crippen molar-refractivity contribution in [2.45, 2.75) is 75.7 Å². The van der Waals surface area contributed by atoms with E-state index in [1.807, 2.05) is 0 Å². The van der Waals surface area contributed by atoms with E-state index in [0.29, 0.717) is 25.1 Å². The third-order valence-corrected chi connectivity index (χ3v) is 5.53. The van der Waals surface area contributed by atoms with Crippen molar-refractivity contribution in [3.8, 4) is 0 Å². The Morgan fingerprint density at radius 1 is 1.03 bits per heavy atom. The summed E-state index contributed by atoms with van der Waals surface area (Å²) in [5.41, 5.74) is 22.6. The number of aliphatic hydroxyl groups excluding tert-OH is 1. The van der Waals surface area contributed by atoms with E-state index < -0.39 is 54.0 Å². The number of guanidine groups is 1. The average Bonchev–Trinajstić information content (AvgIpc) is 3.35. The maximum atomic E-state index is 13.0. The van der Waals surface area contributed by atoms with Crippen LogP contribution in [0.5, 0.6) is 0 Å². The van der Waals surface area contributed by atoms with Gasteiger partial charge in [0.05, 0.1) is 18.5 Å². The first-order valence-electron chi connectivity index (χ1n) is 12.3. The number of carbonyl (C=O) groups excluding carboxylic acids is 3. The molecule has 1 aromatic rings. The molecule has 0 saturated heterocycles. The summed E-state index contributed by atoms with van der Waals surface area (Å²) in [5.74, 6) is -3.68. The van der Waals surface area contributed by atoms with Crippen molar-refractivity contribution >= 4 is 29.7 Å². The molecule has 14 N–H and O–H groups in total. The molecule has 0 aliphatic heterocycles. The van der Waals surface area contributed by atoms with E-state index in [4.69, 9.17) is 22.9 Å². The Kier molecular flexibility index (Phi) is 14.3. The second-order valence-electron chi connectivity index (χ2n) is 8.81. The summed E-state index contributed by atoms with van der Waals surface area (Å²) in [6.07, 6.45) is 3.21. The van der Waals surface area contributed by atoms with Gasteiger partial charge >= 0.3 is 5.97 Å². The predicted octanol–water partition coefficient (Wildman–Crippen LogP) is -3.62. The van der Waals surface area contributed by atoms with Gasteiger partial charge in [0, 0.05) is 24.9 Å². The Morgan fingerprint density at radius 2 is 1.68 bits per heavy atom. The highest BCUT2D eigenvalue weighted by Gasteiger charge is 2.32. The highest BCUT2D eigenvalue weighted by atomic mass is 16.4. The lowest BCUT2D eigenvalue weighted by Crippen LogP contribution is -2.60. The van der Waals surface area contributed by atoms with Gasteiger partial charge in [0.25, 0.3) is 0 Å². The fourth-order valence-corrected chi connectivity index (χ4v) is 3.45. The van der Waals surface area contributed by atoms with Crippen molar-refractivity contribution in [3.63, 3.8) is 0 Å². The molecule has 5 atom stereocenters. The first kappa shape index (κ1) is 32.3. The van der Waals surface area contributed by atoms with Crippen LogP contribution in [0.1, 0.15) is 44.7 Å². The first-order valence-corrected chi connectivity index (χ1v) is 12.3. The van der Waals surface area contributed by atoms with E-state index in [1.54, 1.807) is 0 Å². The quantitative estimate of drug-likeness (QED) is 0.0492. The maximum Gasteiger partial charge on any atom is 0.326 e. The highest BCUT2D eigenvalue weighted by Crippen LogP contribution is 2.06. The molecule has 16 nitrogen and oxygen atoms in total. The Balaban J connectivity index is 2.89. The zero-order chi connectivity index (χ0) is 28.7. The fraction of sp³-hybridized carbons (Fsp3) is 0.636. The molecule has 16 heteroatoms. The minimum absolute atomic E-state index is 0.0435. The lowest BCUT2D eigenvalue weighted by atomic mass is 10.0. The van der Waals surface area contributed by atoms with Crippen LogP contribution in [0, 0.1) is 0 Å². The second kappa shape index (κ2) is 16.9. The molecule has 1 rings (SSSR count). The number of H-pyrrole nitrogens is 1. The number of carboxylic acid groups (broad SMARTS) is 1. The van der Waals surface area contributed by atoms with Crippen molar-refractivity contribution < 1.29 is 29.4 Å². The molecule has 1 heterocycles. The molecule has 0 saturated carbocycles. The van der Waals surface area contributed by atoms with Gasteiger partial charge in [-0.15, -0.1) is 0 Å². The summed E-state index contributed by atoms with van der Waals surface area (Å²) in [4.78, 5) is 60.6. The Hall–Kier alpha value is -3.76. The van der Waals surface area contributed by atoms with Crippen LogP contribution in [-0.4, -0.2) is 93.2 Å². The Labute approximate surface area is 220 Å². The number of carboxylic acids is 1. The number of nitrogens with one attached hydrogen (secondary N) is 4. The molecule has 1 aromatic heterocycles. The molecular formula is C22H40N10O6. The number of rotatable bonds is 18. The van der Waals surface area contributed by atoms with Crippen LogP contribution in [0.25, 0.3) is 0 Å². The van der Waals surface area contributed by atoms with Gasteiger partial charge in [0.2, 0.25) is 17.7 Å². The van der Waals surface area contributed by atoms with Gasteiger partial charge in [-0.05, 0) is 45.6 Å². The molecule has 38 heavy (non-hydrogen) atoms. The Bertz CT molecular complexity index is 920. The van der Waals surface area contributed by atoms with Gasteiger partial charge in [-0.3, -0.25) is 19.4 Å². The van der Waals surface area contributed by atoms with Crippen LogP contribution in [0.3, 0.4) is 0 Å². The molecule has 0 radical (unpaired) electrons. The van der Waals surface area contributed by atoms with Gasteiger partial charge < -0.3 is 54.1 Å². The van der Waals surface area contributed by atoms with Crippen molar-refractivity contribution in [1.82, 2.24) is 25.9 Å². The molecule has 0 aromatic carbocycles. The number of imidazole rings is 1. The normalized spacial score (nSPS) is 14.8. The molecular weight excluding hydrogens is 500 g/mol. The van der Waals surface area contributed by atoms with Gasteiger partial charge in [0.1, 0.15) is 18.1 Å². The van der Waals surface area contributed by atoms with Gasteiger partial charge in [-0.2, -0.15) is 0 Å². The molecule has 214 valence electrons. The predicted molar refractivity (Wildman–Crippen MR) is 138 cm³/mol. The average molecular weight is 541 g/mol. The summed E-state index contributed by atoms with van der Waals surface area (Å²) in [5, 5.41) is 27.0. The third kappa shape index (κ3) is 12.0. The number of aromatic nitrogens is 2. The number of hydrogen-bond acceptors (Lipinski definition) is 9. The van der Waals surface area contributed by atoms with Crippen LogP contribution < -0.4 is 38.9 Å². The van der Waals surface area contributed by atoms with Gasteiger partial charge in [-0.1, -0.05) is 0 Å². The monoisotopic (exact) mass is 540 g/mol. The van der Waals surface area contributed by atoms with Crippen LogP contribution in [0.15, 0.2) is 17.5 Å². The van der Waals surface area contributed by atoms with Gasteiger partial charge in [-0.25, -0.2) is 9.78 Å². The van der Waals surface area contributed by atoms with E-state index in [9.17, 15) is 29.4 Å². The summed E-state index contributed by atoms with van der Waals surface area (Å²) in [6.45, 7) is 1.83. The molecule has 3 amide bonds. The number of carbonyl (C=O) groups is 4. The number of amides is 3. The molecule has 0 fully saturated rings. The molecule has 5 unspecified atom stereocenters. The molecule has 0 aliphatic carbocycles. The summed E-state index contributed by atoms with van der Waals surface area (Å²) in [6, 6.07) is -4.86. The Morgan fingerprint density at radius 3 is 2.24 bits per heavy atom. The summed E-state index contributed by atoms with van der Waals surface area (Å²) < 4.78 is 0. The van der Waals surface area contributed by atoms with E-state index in [2.05, 4.69) is 30.9 Å². The second-order valence-corrected chi connectivity index (χ2v) is 8.81. The number of hydrogen-bond donors (Lipinski definition) is 10. The number of unbranched alkanes of at least 4 members (excludes halogenated alkanes) is 1. The molecule has 0 bridgehead atoms. The lowest BCUT2D eigenvalue weighted by molar-refractivity contribution is -0.142. The SMILES string of the molecule is CC(O)C(NC(=O)C(N)Cc1cnc[nH]1)C(=O)NC(CCCCN)C(=O)NC(CCCN=C(N)N)C(=O)O. The first-order chi connectivity index (χ1) is 18.0. The minimum Gasteiger partial charge on any atom is -0.480 e. The molecule has 0 aliphatic rings. The topological polar surface area (TPSA) is 290 Å². The van der Waals surface area contributed by atoms with Crippen LogP contribution >= 0.6 is 0 Å². The number of aliphatic hydroxyl groups is 1. The number of aliphatic imine (C=N–C) groups is 1. The van der Waals surface area contributed by atoms with Crippen molar-refractivity contribution in [3.05, 3.63) is 18.2 Å². The fourth-order valence-electron chi connectivity index (χ4n) is 3.45. The maximum absolute atomic E-state index is 13.0. The van der Waals surface area contributed by atoms with Crippen LogP contribution in [-0.2, 0) is 25.6 Å². The summed E-state index contributed by atoms with van der Waals surface area (Å²) in [7, 11) is 0. The minimum atomic E-state index is -1.42. The van der Waals surface area contributed by atoms with Crippen LogP contribution in [0.4, 0.5) is 0 Å². The molecule has 0 spiro atoms. The van der Waals surface area contributed by atoms with Crippen molar-refractivity contribution in [2.75, 3.05) is 13.1 Å². The van der Waals surface area contributed by atoms with Gasteiger partial charge in [0.15, 0.2) is 5.96 Å². The standard InChI is InChI=1S/C22H40N10O6/c1-12(33)17(32-18(34)14(24)9-13-10-27-11-29-13)20(36)30-15(5-2-3-7-23)19(35)31-16(21(37)38)6-4-8-28-22(25)26/h10-12,14-17,33H,2-9,23-24H2,1H3,(H,27,29)(H,30,36)(H,31,35)(H,32,34)(H,37,38)(H4,25,26,28). The lowest BCUT2D eigenvalue weighted by Gasteiger charge is -2.26. The number of nitrogens with two attached hydrogens (primary N) is 4. The van der Waals surface area contributed by atoms with E-state index in [0.717, 1.165) is 0 Å². The highest BCUT2D eigenvalue weighted by molar-refractivity contribution is 5.94. The largest absolute Gasteiger partial charge is 0.480 e. The smallest absolute Gasteiger partial charge is 0.326 e. The summed E-state index contributed by atoms with van der Waals surface area (Å²) >= 11 is 0. The number of aliphatic carboxylic acids is 1. The van der Waals surface area contributed by atoms with Crippen molar-refractivity contribution in [1.29, 1.82) is 0 Å². The number of nitrogens with zero attached hydrogens (tertiary/aromatic N) is 2. The third-order valence-electron chi connectivity index (χ3n) is 5.53. The van der Waals surface area contributed by atoms with E-state index in [-0.39, 0.29) is 38.2 Å². The zero-order valence-electron chi connectivity index (χ0n) is 21.4. The van der Waals surface area contributed by atoms with E-state index in [1.165, 1.54) is 19.4 Å². The number of aromatic amines is 1.